The Labute approximate surface area is 196 Å². The minimum Gasteiger partial charge on any atom is -0.385 e. The molecule has 0 amide bonds. The molecule has 0 bridgehead atoms. The van der Waals surface area contributed by atoms with E-state index in [1.165, 1.54) is 45.2 Å². The van der Waals surface area contributed by atoms with E-state index < -0.39 is 0 Å². The lowest BCUT2D eigenvalue weighted by Crippen LogP contribution is -2.47. The fourth-order valence-electron chi connectivity index (χ4n) is 4.21. The van der Waals surface area contributed by atoms with Crippen molar-refractivity contribution >= 4 is 29.9 Å². The topological polar surface area (TPSA) is 49.3 Å². The maximum Gasteiger partial charge on any atom is 0.193 e. The van der Waals surface area contributed by atoms with Crippen molar-refractivity contribution in [2.75, 3.05) is 59.6 Å². The number of halogens is 1. The van der Waals surface area contributed by atoms with E-state index in [-0.39, 0.29) is 24.0 Å². The molecule has 2 fully saturated rings. The third kappa shape index (κ3) is 10.6. The monoisotopic (exact) mass is 524 g/mol. The Hall–Kier alpha value is -0.120. The van der Waals surface area contributed by atoms with Gasteiger partial charge in [0.2, 0.25) is 0 Å². The Morgan fingerprint density at radius 1 is 1.03 bits per heavy atom. The van der Waals surface area contributed by atoms with Gasteiger partial charge in [0.05, 0.1) is 6.10 Å². The van der Waals surface area contributed by atoms with E-state index >= 15 is 0 Å². The van der Waals surface area contributed by atoms with Crippen LogP contribution in [0.1, 0.15) is 65.2 Å². The first-order valence-corrected chi connectivity index (χ1v) is 11.6. The molecule has 2 heterocycles. The molecule has 1 unspecified atom stereocenters. The lowest BCUT2D eigenvalue weighted by molar-refractivity contribution is 0.00990. The molecule has 0 aromatic carbocycles. The SMILES string of the molecule is CCNC(=NCCCCN1CCCCC1C)N1CCC(OCCCOC)CC1.I. The highest BCUT2D eigenvalue weighted by molar-refractivity contribution is 14.0. The van der Waals surface area contributed by atoms with Gasteiger partial charge in [-0.25, -0.2) is 0 Å². The average molecular weight is 525 g/mol. The first-order chi connectivity index (χ1) is 13.7. The molecule has 172 valence electrons. The molecule has 6 nitrogen and oxygen atoms in total. The molecule has 0 saturated carbocycles. The van der Waals surface area contributed by atoms with E-state index in [2.05, 4.69) is 29.0 Å². The van der Waals surface area contributed by atoms with Crippen LogP contribution >= 0.6 is 24.0 Å². The van der Waals surface area contributed by atoms with Gasteiger partial charge < -0.3 is 24.6 Å². The van der Waals surface area contributed by atoms with E-state index in [1.807, 2.05) is 0 Å². The molecule has 7 heteroatoms. The zero-order chi connectivity index (χ0) is 20.0. The maximum absolute atomic E-state index is 5.98. The van der Waals surface area contributed by atoms with Crippen molar-refractivity contribution < 1.29 is 9.47 Å². The minimum atomic E-state index is 0. The van der Waals surface area contributed by atoms with Crippen molar-refractivity contribution in [1.29, 1.82) is 0 Å². The van der Waals surface area contributed by atoms with E-state index in [0.29, 0.717) is 6.10 Å². The molecule has 0 spiro atoms. The van der Waals surface area contributed by atoms with Gasteiger partial charge in [-0.05, 0) is 71.9 Å². The van der Waals surface area contributed by atoms with E-state index in [1.54, 1.807) is 7.11 Å². The summed E-state index contributed by atoms with van der Waals surface area (Å²) in [6.07, 6.45) is 10.1. The van der Waals surface area contributed by atoms with Crippen LogP contribution in [-0.4, -0.2) is 87.5 Å². The van der Waals surface area contributed by atoms with Gasteiger partial charge in [0, 0.05) is 52.5 Å². The summed E-state index contributed by atoms with van der Waals surface area (Å²) in [5.74, 6) is 1.09. The van der Waals surface area contributed by atoms with E-state index in [0.717, 1.165) is 70.7 Å². The Morgan fingerprint density at radius 3 is 2.52 bits per heavy atom. The van der Waals surface area contributed by atoms with Crippen molar-refractivity contribution in [3.05, 3.63) is 0 Å². The number of unbranched alkanes of at least 4 members (excludes halogenated alkanes) is 1. The van der Waals surface area contributed by atoms with Gasteiger partial charge in [-0.1, -0.05) is 6.42 Å². The molecule has 1 N–H and O–H groups in total. The Morgan fingerprint density at radius 2 is 1.83 bits per heavy atom. The van der Waals surface area contributed by atoms with Crippen LogP contribution in [0.25, 0.3) is 0 Å². The highest BCUT2D eigenvalue weighted by Gasteiger charge is 2.22. The van der Waals surface area contributed by atoms with Gasteiger partial charge in [-0.3, -0.25) is 4.99 Å². The molecule has 0 aromatic rings. The third-order valence-electron chi connectivity index (χ3n) is 5.98. The van der Waals surface area contributed by atoms with Gasteiger partial charge in [-0.2, -0.15) is 0 Å². The predicted molar refractivity (Wildman–Crippen MR) is 133 cm³/mol. The highest BCUT2D eigenvalue weighted by atomic mass is 127. The third-order valence-corrected chi connectivity index (χ3v) is 5.98. The number of guanidine groups is 1. The Kier molecular flexibility index (Phi) is 15.4. The lowest BCUT2D eigenvalue weighted by atomic mass is 10.0. The number of hydrogen-bond acceptors (Lipinski definition) is 4. The zero-order valence-electron chi connectivity index (χ0n) is 19.0. The van der Waals surface area contributed by atoms with Crippen LogP contribution < -0.4 is 5.32 Å². The number of ether oxygens (including phenoxy) is 2. The summed E-state index contributed by atoms with van der Waals surface area (Å²) < 4.78 is 11.1. The number of rotatable bonds is 11. The minimum absolute atomic E-state index is 0. The summed E-state index contributed by atoms with van der Waals surface area (Å²) in [4.78, 5) is 9.98. The molecule has 0 aliphatic carbocycles. The summed E-state index contributed by atoms with van der Waals surface area (Å²) >= 11 is 0. The van der Waals surface area contributed by atoms with Gasteiger partial charge in [-0.15, -0.1) is 24.0 Å². The standard InChI is InChI=1S/C22H44N4O2.HI/c1-4-23-22(24-13-6-8-15-25-14-7-5-10-20(25)2)26-16-11-21(12-17-26)28-19-9-18-27-3;/h20-21H,4-19H2,1-3H3,(H,23,24);1H. The second-order valence-electron chi connectivity index (χ2n) is 8.23. The van der Waals surface area contributed by atoms with Crippen molar-refractivity contribution in [2.24, 2.45) is 4.99 Å². The normalized spacial score (nSPS) is 21.8. The molecular weight excluding hydrogens is 479 g/mol. The van der Waals surface area contributed by atoms with Crippen molar-refractivity contribution in [2.45, 2.75) is 77.4 Å². The highest BCUT2D eigenvalue weighted by Crippen LogP contribution is 2.17. The summed E-state index contributed by atoms with van der Waals surface area (Å²) in [6, 6.07) is 0.771. The quantitative estimate of drug-likeness (QED) is 0.193. The molecule has 1 atom stereocenters. The van der Waals surface area contributed by atoms with Crippen LogP contribution in [0.3, 0.4) is 0 Å². The molecule has 2 aliphatic rings. The Bertz CT molecular complexity index is 431. The smallest absolute Gasteiger partial charge is 0.193 e. The molecule has 0 radical (unpaired) electrons. The number of methoxy groups -OCH3 is 1. The number of piperidine rings is 2. The van der Waals surface area contributed by atoms with Crippen molar-refractivity contribution in [3.63, 3.8) is 0 Å². The predicted octanol–water partition coefficient (Wildman–Crippen LogP) is 3.74. The van der Waals surface area contributed by atoms with Crippen LogP contribution in [-0.2, 0) is 9.47 Å². The first-order valence-electron chi connectivity index (χ1n) is 11.6. The van der Waals surface area contributed by atoms with Crippen LogP contribution in [0.15, 0.2) is 4.99 Å². The number of likely N-dealkylation sites (tertiary alicyclic amines) is 2. The maximum atomic E-state index is 5.98. The van der Waals surface area contributed by atoms with Gasteiger partial charge in [0.1, 0.15) is 0 Å². The molecule has 2 rings (SSSR count). The average Bonchev–Trinajstić information content (AvgIpc) is 2.72. The van der Waals surface area contributed by atoms with Gasteiger partial charge in [0.25, 0.3) is 0 Å². The van der Waals surface area contributed by atoms with Gasteiger partial charge in [0.15, 0.2) is 5.96 Å². The molecule has 2 aliphatic heterocycles. The number of nitrogens with zero attached hydrogens (tertiary/aromatic N) is 3. The van der Waals surface area contributed by atoms with E-state index in [9.17, 15) is 0 Å². The van der Waals surface area contributed by atoms with Crippen LogP contribution in [0.4, 0.5) is 0 Å². The fourth-order valence-corrected chi connectivity index (χ4v) is 4.21. The summed E-state index contributed by atoms with van der Waals surface area (Å²) in [5, 5.41) is 3.48. The molecule has 2 saturated heterocycles. The molecule has 29 heavy (non-hydrogen) atoms. The fraction of sp³-hybridized carbons (Fsp3) is 0.955. The van der Waals surface area contributed by atoms with E-state index in [4.69, 9.17) is 14.5 Å². The number of aliphatic imine (C=N–C) groups is 1. The second kappa shape index (κ2) is 16.6. The summed E-state index contributed by atoms with van der Waals surface area (Å²) in [5.41, 5.74) is 0. The van der Waals surface area contributed by atoms with Crippen LogP contribution in [0, 0.1) is 0 Å². The van der Waals surface area contributed by atoms with Gasteiger partial charge >= 0.3 is 0 Å². The number of hydrogen-bond donors (Lipinski definition) is 1. The van der Waals surface area contributed by atoms with Crippen molar-refractivity contribution in [3.8, 4) is 0 Å². The zero-order valence-corrected chi connectivity index (χ0v) is 21.4. The molecule has 0 aromatic heterocycles. The van der Waals surface area contributed by atoms with Crippen molar-refractivity contribution in [1.82, 2.24) is 15.1 Å². The second-order valence-corrected chi connectivity index (χ2v) is 8.23. The largest absolute Gasteiger partial charge is 0.385 e. The summed E-state index contributed by atoms with van der Waals surface area (Å²) in [7, 11) is 1.74. The Balaban J connectivity index is 0.00000420. The molecular formula is C22H45IN4O2. The first kappa shape index (κ1) is 26.9. The van der Waals surface area contributed by atoms with Crippen LogP contribution in [0.2, 0.25) is 0 Å². The lowest BCUT2D eigenvalue weighted by Gasteiger charge is -2.34. The summed E-state index contributed by atoms with van der Waals surface area (Å²) in [6.45, 7) is 12.6. The number of nitrogens with one attached hydrogen (secondary N) is 1. The van der Waals surface area contributed by atoms with Crippen LogP contribution in [0.5, 0.6) is 0 Å².